The van der Waals surface area contributed by atoms with Crippen molar-refractivity contribution in [3.8, 4) is 0 Å². The molecule has 0 aliphatic heterocycles. The van der Waals surface area contributed by atoms with E-state index in [1.54, 1.807) is 12.1 Å². The van der Waals surface area contributed by atoms with Gasteiger partial charge in [-0.05, 0) is 37.6 Å². The molecule has 96 valence electrons. The average molecular weight is 278 g/mol. The van der Waals surface area contributed by atoms with Crippen LogP contribution in [0.2, 0.25) is 5.02 Å². The van der Waals surface area contributed by atoms with Gasteiger partial charge in [0.05, 0.1) is 0 Å². The molecule has 0 aliphatic carbocycles. The molecule has 0 heterocycles. The fourth-order valence-corrected chi connectivity index (χ4v) is 1.98. The van der Waals surface area contributed by atoms with Crippen LogP contribution in [0.4, 0.5) is 4.39 Å². The normalized spacial score (nSPS) is 10.8. The lowest BCUT2D eigenvalue weighted by Gasteiger charge is -2.06. The Morgan fingerprint density at radius 2 is 1.88 bits per heavy atom. The quantitative estimate of drug-likeness (QED) is 0.550. The third-order valence-corrected chi connectivity index (χ3v) is 3.06. The van der Waals surface area contributed by atoms with Crippen LogP contribution >= 0.6 is 23.2 Å². The number of halogens is 3. The first-order valence-corrected chi connectivity index (χ1v) is 6.86. The molecule has 0 radical (unpaired) electrons. The van der Waals surface area contributed by atoms with Gasteiger partial charge in [-0.15, -0.1) is 11.6 Å². The van der Waals surface area contributed by atoms with Crippen molar-refractivity contribution in [3.05, 3.63) is 34.6 Å². The zero-order chi connectivity index (χ0) is 12.5. The Kier molecular flexibility index (Phi) is 7.58. The molecule has 0 saturated heterocycles. The minimum Gasteiger partial charge on any atom is -0.313 e. The SMILES string of the molecule is Fc1ccc(Cl)cc1CNCCCCCCCl. The Morgan fingerprint density at radius 3 is 2.65 bits per heavy atom. The molecule has 0 unspecified atom stereocenters. The molecule has 1 rings (SSSR count). The van der Waals surface area contributed by atoms with Crippen LogP contribution in [0.5, 0.6) is 0 Å². The van der Waals surface area contributed by atoms with Gasteiger partial charge in [-0.25, -0.2) is 4.39 Å². The highest BCUT2D eigenvalue weighted by atomic mass is 35.5. The molecule has 0 fully saturated rings. The molecule has 1 aromatic carbocycles. The number of hydrogen-bond donors (Lipinski definition) is 1. The van der Waals surface area contributed by atoms with Gasteiger partial charge in [-0.2, -0.15) is 0 Å². The van der Waals surface area contributed by atoms with Crippen molar-refractivity contribution in [2.75, 3.05) is 12.4 Å². The molecule has 17 heavy (non-hydrogen) atoms. The molecule has 1 N–H and O–H groups in total. The van der Waals surface area contributed by atoms with E-state index in [1.807, 2.05) is 0 Å². The fourth-order valence-electron chi connectivity index (χ4n) is 1.60. The summed E-state index contributed by atoms with van der Waals surface area (Å²) in [6.45, 7) is 1.43. The van der Waals surface area contributed by atoms with Gasteiger partial charge in [-0.3, -0.25) is 0 Å². The Hall–Kier alpha value is -0.310. The third kappa shape index (κ3) is 6.25. The lowest BCUT2D eigenvalue weighted by molar-refractivity contribution is 0.568. The third-order valence-electron chi connectivity index (χ3n) is 2.56. The van der Waals surface area contributed by atoms with E-state index >= 15 is 0 Å². The number of unbranched alkanes of at least 4 members (excludes halogenated alkanes) is 3. The molecule has 0 spiro atoms. The van der Waals surface area contributed by atoms with Gasteiger partial charge in [0.1, 0.15) is 5.82 Å². The summed E-state index contributed by atoms with van der Waals surface area (Å²) in [6, 6.07) is 4.63. The Labute approximate surface area is 112 Å². The van der Waals surface area contributed by atoms with E-state index in [-0.39, 0.29) is 5.82 Å². The lowest BCUT2D eigenvalue weighted by Crippen LogP contribution is -2.15. The molecule has 1 nitrogen and oxygen atoms in total. The topological polar surface area (TPSA) is 12.0 Å². The first kappa shape index (κ1) is 14.7. The zero-order valence-corrected chi connectivity index (χ0v) is 11.3. The second-order valence-corrected chi connectivity index (χ2v) is 4.83. The highest BCUT2D eigenvalue weighted by molar-refractivity contribution is 6.30. The van der Waals surface area contributed by atoms with E-state index in [9.17, 15) is 4.39 Å². The molecule has 0 amide bonds. The van der Waals surface area contributed by atoms with Crippen molar-refractivity contribution < 1.29 is 4.39 Å². The summed E-state index contributed by atoms with van der Waals surface area (Å²) in [4.78, 5) is 0. The van der Waals surface area contributed by atoms with Crippen molar-refractivity contribution in [1.82, 2.24) is 5.32 Å². The minimum absolute atomic E-state index is 0.205. The minimum atomic E-state index is -0.205. The summed E-state index contributed by atoms with van der Waals surface area (Å²) in [6.07, 6.45) is 4.50. The summed E-state index contributed by atoms with van der Waals surface area (Å²) >= 11 is 11.4. The highest BCUT2D eigenvalue weighted by Gasteiger charge is 2.01. The lowest BCUT2D eigenvalue weighted by atomic mass is 10.2. The predicted molar refractivity (Wildman–Crippen MR) is 72.3 cm³/mol. The largest absolute Gasteiger partial charge is 0.313 e. The molecule has 4 heteroatoms. The molecule has 0 aliphatic rings. The van der Waals surface area contributed by atoms with Gasteiger partial charge >= 0.3 is 0 Å². The number of benzene rings is 1. The Bertz CT molecular complexity index is 331. The van der Waals surface area contributed by atoms with E-state index in [2.05, 4.69) is 5.32 Å². The van der Waals surface area contributed by atoms with Crippen LogP contribution in [0.3, 0.4) is 0 Å². The molecular formula is C13H18Cl2FN. The molecule has 0 aromatic heterocycles. The van der Waals surface area contributed by atoms with Crippen molar-refractivity contribution in [2.24, 2.45) is 0 Å². The van der Waals surface area contributed by atoms with Crippen molar-refractivity contribution in [3.63, 3.8) is 0 Å². The number of nitrogens with one attached hydrogen (secondary N) is 1. The Morgan fingerprint density at radius 1 is 1.12 bits per heavy atom. The van der Waals surface area contributed by atoms with Crippen molar-refractivity contribution >= 4 is 23.2 Å². The molecule has 1 aromatic rings. The molecule has 0 bridgehead atoms. The van der Waals surface area contributed by atoms with Gasteiger partial charge < -0.3 is 5.32 Å². The average Bonchev–Trinajstić information content (AvgIpc) is 2.32. The smallest absolute Gasteiger partial charge is 0.127 e. The van der Waals surface area contributed by atoms with Gasteiger partial charge in [0.2, 0.25) is 0 Å². The standard InChI is InChI=1S/C13H18Cl2FN/c14-7-3-1-2-4-8-17-10-11-9-12(15)5-6-13(11)16/h5-6,9,17H,1-4,7-8,10H2. The first-order chi connectivity index (χ1) is 8.24. The maximum absolute atomic E-state index is 13.3. The van der Waals surface area contributed by atoms with Gasteiger partial charge in [-0.1, -0.05) is 24.4 Å². The molecular weight excluding hydrogens is 260 g/mol. The van der Waals surface area contributed by atoms with Crippen LogP contribution in [0.1, 0.15) is 31.2 Å². The monoisotopic (exact) mass is 277 g/mol. The van der Waals surface area contributed by atoms with E-state index in [0.29, 0.717) is 17.1 Å². The van der Waals surface area contributed by atoms with E-state index in [0.717, 1.165) is 38.1 Å². The number of alkyl halides is 1. The summed E-state index contributed by atoms with van der Waals surface area (Å²) in [5.74, 6) is 0.533. The van der Waals surface area contributed by atoms with Gasteiger partial charge in [0, 0.05) is 23.0 Å². The van der Waals surface area contributed by atoms with E-state index < -0.39 is 0 Å². The number of hydrogen-bond acceptors (Lipinski definition) is 1. The van der Waals surface area contributed by atoms with Crippen LogP contribution in [0.25, 0.3) is 0 Å². The van der Waals surface area contributed by atoms with Crippen LogP contribution < -0.4 is 5.32 Å². The molecule has 0 saturated carbocycles. The predicted octanol–water partition coefficient (Wildman–Crippen LogP) is 4.37. The fraction of sp³-hybridized carbons (Fsp3) is 0.538. The van der Waals surface area contributed by atoms with Crippen LogP contribution in [0.15, 0.2) is 18.2 Å². The number of rotatable bonds is 8. The van der Waals surface area contributed by atoms with E-state index in [4.69, 9.17) is 23.2 Å². The molecule has 0 atom stereocenters. The summed E-state index contributed by atoms with van der Waals surface area (Å²) in [5, 5.41) is 3.79. The highest BCUT2D eigenvalue weighted by Crippen LogP contribution is 2.14. The summed E-state index contributed by atoms with van der Waals surface area (Å²) in [5.41, 5.74) is 0.623. The maximum atomic E-state index is 13.3. The van der Waals surface area contributed by atoms with Crippen molar-refractivity contribution in [2.45, 2.75) is 32.2 Å². The van der Waals surface area contributed by atoms with Crippen LogP contribution in [-0.2, 0) is 6.54 Å². The van der Waals surface area contributed by atoms with Crippen molar-refractivity contribution in [1.29, 1.82) is 0 Å². The summed E-state index contributed by atoms with van der Waals surface area (Å²) in [7, 11) is 0. The first-order valence-electron chi connectivity index (χ1n) is 5.94. The second-order valence-electron chi connectivity index (χ2n) is 4.02. The second kappa shape index (κ2) is 8.73. The maximum Gasteiger partial charge on any atom is 0.127 e. The summed E-state index contributed by atoms with van der Waals surface area (Å²) < 4.78 is 13.3. The van der Waals surface area contributed by atoms with Crippen LogP contribution in [0, 0.1) is 5.82 Å². The van der Waals surface area contributed by atoms with Gasteiger partial charge in [0.15, 0.2) is 0 Å². The van der Waals surface area contributed by atoms with Crippen LogP contribution in [-0.4, -0.2) is 12.4 Å². The zero-order valence-electron chi connectivity index (χ0n) is 9.82. The van der Waals surface area contributed by atoms with E-state index in [1.165, 1.54) is 6.07 Å². The van der Waals surface area contributed by atoms with Gasteiger partial charge in [0.25, 0.3) is 0 Å². The Balaban J connectivity index is 2.15.